The maximum absolute atomic E-state index is 4.98. The van der Waals surface area contributed by atoms with Gasteiger partial charge in [0.1, 0.15) is 6.33 Å². The summed E-state index contributed by atoms with van der Waals surface area (Å²) in [6, 6.07) is 67.9. The van der Waals surface area contributed by atoms with Crippen LogP contribution in [0.25, 0.3) is 110 Å². The second-order valence-corrected chi connectivity index (χ2v) is 14.6. The highest BCUT2D eigenvalue weighted by Gasteiger charge is 2.18. The largest absolute Gasteiger partial charge is 0.309 e. The van der Waals surface area contributed by atoms with E-state index in [0.29, 0.717) is 0 Å². The van der Waals surface area contributed by atoms with Crippen LogP contribution in [0.2, 0.25) is 0 Å². The molecule has 0 aliphatic carbocycles. The van der Waals surface area contributed by atoms with E-state index in [0.717, 1.165) is 49.8 Å². The van der Waals surface area contributed by atoms with Gasteiger partial charge < -0.3 is 9.13 Å². The van der Waals surface area contributed by atoms with E-state index in [-0.39, 0.29) is 0 Å². The van der Waals surface area contributed by atoms with Gasteiger partial charge in [0, 0.05) is 49.3 Å². The molecule has 0 saturated heterocycles. The van der Waals surface area contributed by atoms with E-state index in [2.05, 4.69) is 197 Å². The highest BCUT2D eigenvalue weighted by Crippen LogP contribution is 2.41. The zero-order valence-corrected chi connectivity index (χ0v) is 30.3. The zero-order chi connectivity index (χ0) is 36.7. The van der Waals surface area contributed by atoms with Crippen LogP contribution in [0.15, 0.2) is 194 Å². The van der Waals surface area contributed by atoms with Crippen molar-refractivity contribution >= 4 is 76.1 Å². The fourth-order valence-corrected chi connectivity index (χ4v) is 9.15. The molecule has 12 aromatic rings. The van der Waals surface area contributed by atoms with E-state index in [1.54, 1.807) is 6.33 Å². The molecule has 0 aliphatic heterocycles. The molecule has 0 unspecified atom stereocenters. The van der Waals surface area contributed by atoms with Crippen molar-refractivity contribution in [1.82, 2.24) is 19.1 Å². The Kier molecular flexibility index (Phi) is 6.60. The summed E-state index contributed by atoms with van der Waals surface area (Å²) < 4.78 is 4.78. The third kappa shape index (κ3) is 4.47. The quantitative estimate of drug-likeness (QED) is 0.170. The Balaban J connectivity index is 1.06. The summed E-state index contributed by atoms with van der Waals surface area (Å²) in [5, 5.41) is 10.7. The van der Waals surface area contributed by atoms with Gasteiger partial charge in [0.05, 0.1) is 33.3 Å². The van der Waals surface area contributed by atoms with Gasteiger partial charge in [-0.25, -0.2) is 9.97 Å². The van der Waals surface area contributed by atoms with E-state index in [4.69, 9.17) is 9.97 Å². The van der Waals surface area contributed by atoms with Crippen molar-refractivity contribution in [2.24, 2.45) is 0 Å². The summed E-state index contributed by atoms with van der Waals surface area (Å²) in [7, 11) is 0. The van der Waals surface area contributed by atoms with Gasteiger partial charge in [0.2, 0.25) is 0 Å². The second kappa shape index (κ2) is 12.0. The van der Waals surface area contributed by atoms with Gasteiger partial charge in [-0.05, 0) is 81.9 Å². The summed E-state index contributed by atoms with van der Waals surface area (Å²) in [6.07, 6.45) is 1.71. The van der Waals surface area contributed by atoms with Crippen LogP contribution in [-0.2, 0) is 0 Å². The van der Waals surface area contributed by atoms with Gasteiger partial charge in [0.15, 0.2) is 0 Å². The number of benzene rings is 9. The molecule has 0 bridgehead atoms. The van der Waals surface area contributed by atoms with Gasteiger partial charge in [-0.1, -0.05) is 133 Å². The van der Waals surface area contributed by atoms with Gasteiger partial charge in [-0.15, -0.1) is 0 Å². The SMILES string of the molecule is c1ccc(-n2c3ccccc3c3cc(-c4ccc5c6ccccc6n(-c6cccc(-c7ncnc8c9ccccc9c9ccccc9c78)c6)c5c4)ccc32)cc1. The molecule has 4 nitrogen and oxygen atoms in total. The lowest BCUT2D eigenvalue weighted by atomic mass is 9.94. The van der Waals surface area contributed by atoms with Gasteiger partial charge >= 0.3 is 0 Å². The standard InChI is InChI=1S/C52H32N4/c1-2-14-36(15-3-1)55-47-24-11-9-20-41(47)45-30-33(26-28-48(45)55)34-25-27-42-40-19-8-10-23-46(40)56(49(42)31-34)37-16-12-13-35(29-37)51-50-43-21-6-4-17-38(43)39-18-5-7-22-44(39)52(50)54-32-53-51/h1-32H. The lowest BCUT2D eigenvalue weighted by Gasteiger charge is -2.14. The van der Waals surface area contributed by atoms with E-state index in [1.807, 2.05) is 0 Å². The number of hydrogen-bond acceptors (Lipinski definition) is 2. The maximum atomic E-state index is 4.98. The molecule has 9 aromatic carbocycles. The number of rotatable bonds is 4. The summed E-state index contributed by atoms with van der Waals surface area (Å²) in [4.78, 5) is 9.85. The Morgan fingerprint density at radius 1 is 0.304 bits per heavy atom. The van der Waals surface area contributed by atoms with Gasteiger partial charge in [-0.2, -0.15) is 0 Å². The number of hydrogen-bond donors (Lipinski definition) is 0. The van der Waals surface area contributed by atoms with Crippen LogP contribution in [-0.4, -0.2) is 19.1 Å². The van der Waals surface area contributed by atoms with Gasteiger partial charge in [0.25, 0.3) is 0 Å². The highest BCUT2D eigenvalue weighted by molar-refractivity contribution is 6.26. The van der Waals surface area contributed by atoms with Crippen molar-refractivity contribution in [3.8, 4) is 33.8 Å². The minimum absolute atomic E-state index is 0.934. The Labute approximate surface area is 322 Å². The molecule has 4 heteroatoms. The molecule has 56 heavy (non-hydrogen) atoms. The van der Waals surface area contributed by atoms with E-state index in [1.165, 1.54) is 60.0 Å². The van der Waals surface area contributed by atoms with E-state index < -0.39 is 0 Å². The Morgan fingerprint density at radius 3 is 1.64 bits per heavy atom. The predicted octanol–water partition coefficient (Wildman–Crippen LogP) is 13.5. The normalized spacial score (nSPS) is 11.9. The van der Waals surface area contributed by atoms with Gasteiger partial charge in [-0.3, -0.25) is 0 Å². The molecular formula is C52H32N4. The number of fused-ring (bicyclic) bond motifs is 12. The van der Waals surface area contributed by atoms with Crippen LogP contribution in [0.3, 0.4) is 0 Å². The molecule has 0 spiro atoms. The summed E-state index contributed by atoms with van der Waals surface area (Å²) in [5.74, 6) is 0. The summed E-state index contributed by atoms with van der Waals surface area (Å²) >= 11 is 0. The molecule has 3 heterocycles. The molecule has 0 atom stereocenters. The molecular weight excluding hydrogens is 681 g/mol. The van der Waals surface area contributed by atoms with Crippen molar-refractivity contribution in [2.75, 3.05) is 0 Å². The van der Waals surface area contributed by atoms with Crippen molar-refractivity contribution < 1.29 is 0 Å². The summed E-state index contributed by atoms with van der Waals surface area (Å²) in [6.45, 7) is 0. The Bertz CT molecular complexity index is 3490. The first-order valence-corrected chi connectivity index (χ1v) is 19.1. The minimum Gasteiger partial charge on any atom is -0.309 e. The monoisotopic (exact) mass is 712 g/mol. The lowest BCUT2D eigenvalue weighted by molar-refractivity contribution is 1.17. The topological polar surface area (TPSA) is 35.6 Å². The molecule has 3 aromatic heterocycles. The third-order valence-corrected chi connectivity index (χ3v) is 11.6. The first-order valence-electron chi connectivity index (χ1n) is 19.1. The average Bonchev–Trinajstić information content (AvgIpc) is 3.79. The van der Waals surface area contributed by atoms with Crippen molar-refractivity contribution in [3.05, 3.63) is 194 Å². The fraction of sp³-hybridized carbons (Fsp3) is 0. The van der Waals surface area contributed by atoms with Crippen LogP contribution < -0.4 is 0 Å². The average molecular weight is 713 g/mol. The highest BCUT2D eigenvalue weighted by atomic mass is 15.0. The Morgan fingerprint density at radius 2 is 0.857 bits per heavy atom. The van der Waals surface area contributed by atoms with Crippen LogP contribution in [0.5, 0.6) is 0 Å². The molecule has 260 valence electrons. The molecule has 0 amide bonds. The lowest BCUT2D eigenvalue weighted by Crippen LogP contribution is -1.96. The number of para-hydroxylation sites is 3. The zero-order valence-electron chi connectivity index (χ0n) is 30.3. The first kappa shape index (κ1) is 30.9. The van der Waals surface area contributed by atoms with Crippen LogP contribution in [0.1, 0.15) is 0 Å². The van der Waals surface area contributed by atoms with E-state index >= 15 is 0 Å². The molecule has 0 saturated carbocycles. The second-order valence-electron chi connectivity index (χ2n) is 14.6. The van der Waals surface area contributed by atoms with Crippen molar-refractivity contribution in [3.63, 3.8) is 0 Å². The molecule has 0 N–H and O–H groups in total. The van der Waals surface area contributed by atoms with E-state index in [9.17, 15) is 0 Å². The van der Waals surface area contributed by atoms with Crippen LogP contribution >= 0.6 is 0 Å². The van der Waals surface area contributed by atoms with Crippen LogP contribution in [0, 0.1) is 0 Å². The Hall–Kier alpha value is -7.56. The predicted molar refractivity (Wildman–Crippen MR) is 234 cm³/mol. The maximum Gasteiger partial charge on any atom is 0.116 e. The minimum atomic E-state index is 0.934. The third-order valence-electron chi connectivity index (χ3n) is 11.6. The smallest absolute Gasteiger partial charge is 0.116 e. The summed E-state index contributed by atoms with van der Waals surface area (Å²) in [5.41, 5.74) is 12.3. The fourth-order valence-electron chi connectivity index (χ4n) is 9.15. The number of aromatic nitrogens is 4. The van der Waals surface area contributed by atoms with Crippen LogP contribution in [0.4, 0.5) is 0 Å². The number of nitrogens with zero attached hydrogens (tertiary/aromatic N) is 4. The molecule has 0 fully saturated rings. The molecule has 0 aliphatic rings. The first-order chi connectivity index (χ1) is 27.8. The van der Waals surface area contributed by atoms with Crippen molar-refractivity contribution in [2.45, 2.75) is 0 Å². The molecule has 12 rings (SSSR count). The van der Waals surface area contributed by atoms with Crippen molar-refractivity contribution in [1.29, 1.82) is 0 Å². The molecule has 0 radical (unpaired) electrons.